The Labute approximate surface area is 68.8 Å². The van der Waals surface area contributed by atoms with Crippen molar-refractivity contribution >= 4 is 12.9 Å². The molecule has 1 rings (SSSR count). The van der Waals surface area contributed by atoms with Gasteiger partial charge in [0.15, 0.2) is 0 Å². The lowest BCUT2D eigenvalue weighted by Crippen LogP contribution is -2.11. The van der Waals surface area contributed by atoms with Gasteiger partial charge < -0.3 is 4.18 Å². The molecular formula is C8H16OS. The van der Waals surface area contributed by atoms with Gasteiger partial charge in [0.05, 0.1) is 6.10 Å². The van der Waals surface area contributed by atoms with Crippen LogP contribution < -0.4 is 0 Å². The quantitative estimate of drug-likeness (QED) is 0.483. The van der Waals surface area contributed by atoms with Crippen LogP contribution in [0.1, 0.15) is 39.5 Å². The van der Waals surface area contributed by atoms with E-state index in [1.165, 1.54) is 25.7 Å². The second-order valence-corrected chi connectivity index (χ2v) is 3.85. The highest BCUT2D eigenvalue weighted by atomic mass is 32.1. The molecule has 0 N–H and O–H groups in total. The fourth-order valence-corrected chi connectivity index (χ4v) is 1.85. The molecule has 0 aromatic rings. The van der Waals surface area contributed by atoms with E-state index in [-0.39, 0.29) is 0 Å². The summed E-state index contributed by atoms with van der Waals surface area (Å²) in [7, 11) is 0. The number of hydrogen-bond acceptors (Lipinski definition) is 2. The van der Waals surface area contributed by atoms with Gasteiger partial charge in [0.1, 0.15) is 0 Å². The average Bonchev–Trinajstić information content (AvgIpc) is 2.33. The predicted molar refractivity (Wildman–Crippen MR) is 46.1 cm³/mol. The molecule has 2 atom stereocenters. The van der Waals surface area contributed by atoms with E-state index in [1.54, 1.807) is 0 Å². The van der Waals surface area contributed by atoms with Crippen molar-refractivity contribution in [2.24, 2.45) is 5.41 Å². The molecule has 2 unspecified atom stereocenters. The van der Waals surface area contributed by atoms with Gasteiger partial charge in [-0.25, -0.2) is 0 Å². The fraction of sp³-hybridized carbons (Fsp3) is 1.00. The van der Waals surface area contributed by atoms with Crippen molar-refractivity contribution in [2.75, 3.05) is 0 Å². The summed E-state index contributed by atoms with van der Waals surface area (Å²) in [5.41, 5.74) is 0.535. The van der Waals surface area contributed by atoms with Gasteiger partial charge in [0.25, 0.3) is 0 Å². The molecular weight excluding hydrogens is 144 g/mol. The smallest absolute Gasteiger partial charge is 0.0724 e. The third-order valence-electron chi connectivity index (χ3n) is 2.79. The predicted octanol–water partition coefficient (Wildman–Crippen LogP) is 2.82. The van der Waals surface area contributed by atoms with E-state index in [0.717, 1.165) is 0 Å². The van der Waals surface area contributed by atoms with Crippen LogP contribution in [0.5, 0.6) is 0 Å². The Bertz CT molecular complexity index is 116. The van der Waals surface area contributed by atoms with Gasteiger partial charge in [-0.1, -0.05) is 20.3 Å². The van der Waals surface area contributed by atoms with Crippen LogP contribution in [0, 0.1) is 5.41 Å². The van der Waals surface area contributed by atoms with Crippen molar-refractivity contribution in [3.05, 3.63) is 0 Å². The van der Waals surface area contributed by atoms with Crippen LogP contribution >= 0.6 is 12.9 Å². The van der Waals surface area contributed by atoms with Crippen molar-refractivity contribution in [1.82, 2.24) is 0 Å². The Morgan fingerprint density at radius 2 is 2.40 bits per heavy atom. The summed E-state index contributed by atoms with van der Waals surface area (Å²) >= 11 is 3.83. The molecule has 0 aromatic carbocycles. The third kappa shape index (κ3) is 1.67. The topological polar surface area (TPSA) is 9.23 Å². The maximum absolute atomic E-state index is 5.00. The molecule has 1 aliphatic rings. The van der Waals surface area contributed by atoms with E-state index in [0.29, 0.717) is 11.5 Å². The van der Waals surface area contributed by atoms with Gasteiger partial charge in [0, 0.05) is 0 Å². The van der Waals surface area contributed by atoms with Crippen molar-refractivity contribution < 1.29 is 4.18 Å². The van der Waals surface area contributed by atoms with E-state index in [2.05, 4.69) is 26.8 Å². The summed E-state index contributed by atoms with van der Waals surface area (Å²) in [5.74, 6) is 0. The molecule has 0 heterocycles. The first-order valence-electron chi connectivity index (χ1n) is 4.00. The van der Waals surface area contributed by atoms with E-state index < -0.39 is 0 Å². The zero-order valence-corrected chi connectivity index (χ0v) is 7.66. The fourth-order valence-electron chi connectivity index (χ4n) is 1.67. The Hall–Kier alpha value is 0.310. The van der Waals surface area contributed by atoms with Crippen LogP contribution in [0.15, 0.2) is 0 Å². The molecule has 0 saturated heterocycles. The van der Waals surface area contributed by atoms with E-state index in [4.69, 9.17) is 4.18 Å². The lowest BCUT2D eigenvalue weighted by Gasteiger charge is -2.20. The van der Waals surface area contributed by atoms with Gasteiger partial charge in [-0.3, -0.25) is 0 Å². The number of rotatable bonds is 2. The number of thiol groups is 1. The first kappa shape index (κ1) is 8.41. The Balaban J connectivity index is 2.41. The van der Waals surface area contributed by atoms with Gasteiger partial charge in [-0.2, -0.15) is 0 Å². The molecule has 1 nitrogen and oxygen atoms in total. The molecule has 0 spiro atoms. The Morgan fingerprint density at radius 3 is 2.70 bits per heavy atom. The Kier molecular flexibility index (Phi) is 2.64. The van der Waals surface area contributed by atoms with Crippen LogP contribution in [0.4, 0.5) is 0 Å². The van der Waals surface area contributed by atoms with Crippen molar-refractivity contribution in [3.8, 4) is 0 Å². The highest BCUT2D eigenvalue weighted by molar-refractivity contribution is 7.75. The minimum atomic E-state index is 0.410. The lowest BCUT2D eigenvalue weighted by atomic mass is 9.86. The van der Waals surface area contributed by atoms with Crippen LogP contribution in [0.25, 0.3) is 0 Å². The summed E-state index contributed by atoms with van der Waals surface area (Å²) in [6, 6.07) is 0. The molecule has 2 heteroatoms. The maximum Gasteiger partial charge on any atom is 0.0724 e. The normalized spacial score (nSPS) is 40.5. The minimum Gasteiger partial charge on any atom is -0.315 e. The molecule has 10 heavy (non-hydrogen) atoms. The largest absolute Gasteiger partial charge is 0.315 e. The zero-order chi connectivity index (χ0) is 7.61. The first-order valence-corrected chi connectivity index (χ1v) is 4.37. The molecule has 1 aliphatic carbocycles. The van der Waals surface area contributed by atoms with E-state index in [9.17, 15) is 0 Å². The SMILES string of the molecule is CCC1(C)CCC(OS)C1. The van der Waals surface area contributed by atoms with Crippen LogP contribution in [0.3, 0.4) is 0 Å². The van der Waals surface area contributed by atoms with Crippen LogP contribution in [-0.2, 0) is 4.18 Å². The molecule has 1 saturated carbocycles. The Morgan fingerprint density at radius 1 is 1.70 bits per heavy atom. The van der Waals surface area contributed by atoms with Crippen molar-refractivity contribution in [2.45, 2.75) is 45.6 Å². The van der Waals surface area contributed by atoms with Crippen LogP contribution in [0.2, 0.25) is 0 Å². The minimum absolute atomic E-state index is 0.410. The highest BCUT2D eigenvalue weighted by Gasteiger charge is 2.33. The van der Waals surface area contributed by atoms with Gasteiger partial charge in [0.2, 0.25) is 0 Å². The summed E-state index contributed by atoms with van der Waals surface area (Å²) in [5, 5.41) is 0. The van der Waals surface area contributed by atoms with E-state index >= 15 is 0 Å². The van der Waals surface area contributed by atoms with Gasteiger partial charge >= 0.3 is 0 Å². The summed E-state index contributed by atoms with van der Waals surface area (Å²) in [6.45, 7) is 4.58. The van der Waals surface area contributed by atoms with Gasteiger partial charge in [-0.15, -0.1) is 0 Å². The number of hydrogen-bond donors (Lipinski definition) is 1. The molecule has 1 fully saturated rings. The summed E-state index contributed by atoms with van der Waals surface area (Å²) in [4.78, 5) is 0. The lowest BCUT2D eigenvalue weighted by molar-refractivity contribution is 0.221. The average molecular weight is 160 g/mol. The second kappa shape index (κ2) is 3.14. The van der Waals surface area contributed by atoms with E-state index in [1.807, 2.05) is 0 Å². The highest BCUT2D eigenvalue weighted by Crippen LogP contribution is 2.41. The molecule has 0 radical (unpaired) electrons. The standard InChI is InChI=1S/C8H16OS/c1-3-8(2)5-4-7(6-8)9-10/h7,10H,3-6H2,1-2H3. The summed E-state index contributed by atoms with van der Waals surface area (Å²) in [6.07, 6.45) is 5.35. The molecule has 0 amide bonds. The third-order valence-corrected chi connectivity index (χ3v) is 3.09. The molecule has 0 aliphatic heterocycles. The second-order valence-electron chi connectivity index (χ2n) is 3.63. The van der Waals surface area contributed by atoms with Crippen molar-refractivity contribution in [1.29, 1.82) is 0 Å². The molecule has 60 valence electrons. The summed E-state index contributed by atoms with van der Waals surface area (Å²) < 4.78 is 5.00. The van der Waals surface area contributed by atoms with Crippen molar-refractivity contribution in [3.63, 3.8) is 0 Å². The maximum atomic E-state index is 5.00. The van der Waals surface area contributed by atoms with Gasteiger partial charge in [-0.05, 0) is 37.6 Å². The van der Waals surface area contributed by atoms with Crippen LogP contribution in [-0.4, -0.2) is 6.10 Å². The first-order chi connectivity index (χ1) is 4.70. The molecule has 0 bridgehead atoms. The molecule has 0 aromatic heterocycles. The zero-order valence-electron chi connectivity index (χ0n) is 6.76. The monoisotopic (exact) mass is 160 g/mol.